The lowest BCUT2D eigenvalue weighted by molar-refractivity contribution is 0.126. The van der Waals surface area contributed by atoms with E-state index in [1.54, 1.807) is 7.11 Å². The number of thioether (sulfide) groups is 1. The summed E-state index contributed by atoms with van der Waals surface area (Å²) in [6, 6.07) is 0. The first-order chi connectivity index (χ1) is 7.23. The molecule has 2 fully saturated rings. The quantitative estimate of drug-likeness (QED) is 0.801. The Bertz CT molecular complexity index is 206. The molecule has 3 atom stereocenters. The molecular formula is C12H23NOS. The van der Waals surface area contributed by atoms with Crippen molar-refractivity contribution in [2.75, 3.05) is 31.8 Å². The third-order valence-corrected chi connectivity index (χ3v) is 5.07. The second kappa shape index (κ2) is 5.07. The zero-order valence-electron chi connectivity index (χ0n) is 9.92. The van der Waals surface area contributed by atoms with Gasteiger partial charge in [-0.1, -0.05) is 0 Å². The molecule has 1 N–H and O–H groups in total. The Hall–Kier alpha value is 0.270. The van der Waals surface area contributed by atoms with Gasteiger partial charge >= 0.3 is 0 Å². The molecule has 0 radical (unpaired) electrons. The number of nitrogens with one attached hydrogen (secondary N) is 1. The van der Waals surface area contributed by atoms with Crippen molar-refractivity contribution in [2.24, 2.45) is 11.8 Å². The summed E-state index contributed by atoms with van der Waals surface area (Å²) in [6.07, 6.45) is 4.17. The van der Waals surface area contributed by atoms with E-state index < -0.39 is 0 Å². The van der Waals surface area contributed by atoms with Gasteiger partial charge in [0.25, 0.3) is 0 Å². The van der Waals surface area contributed by atoms with E-state index >= 15 is 0 Å². The van der Waals surface area contributed by atoms with E-state index in [4.69, 9.17) is 4.74 Å². The summed E-state index contributed by atoms with van der Waals surface area (Å²) < 4.78 is 5.30. The first-order valence-electron chi connectivity index (χ1n) is 6.05. The molecule has 88 valence electrons. The average molecular weight is 229 g/mol. The van der Waals surface area contributed by atoms with Crippen molar-refractivity contribution < 1.29 is 4.74 Å². The van der Waals surface area contributed by atoms with Crippen LogP contribution in [0.15, 0.2) is 0 Å². The normalized spacial score (nSPS) is 42.0. The third-order valence-electron chi connectivity index (χ3n) is 3.83. The van der Waals surface area contributed by atoms with Gasteiger partial charge in [-0.05, 0) is 56.1 Å². The molecule has 0 aliphatic carbocycles. The Morgan fingerprint density at radius 1 is 1.47 bits per heavy atom. The maximum absolute atomic E-state index is 5.30. The monoisotopic (exact) mass is 229 g/mol. The van der Waals surface area contributed by atoms with Crippen LogP contribution >= 0.6 is 11.8 Å². The topological polar surface area (TPSA) is 21.3 Å². The molecular weight excluding hydrogens is 206 g/mol. The Kier molecular flexibility index (Phi) is 3.97. The van der Waals surface area contributed by atoms with Gasteiger partial charge in [0, 0.05) is 12.6 Å². The summed E-state index contributed by atoms with van der Waals surface area (Å²) >= 11 is 2.14. The molecule has 15 heavy (non-hydrogen) atoms. The van der Waals surface area contributed by atoms with Crippen LogP contribution in [-0.4, -0.2) is 37.3 Å². The Balaban J connectivity index is 1.85. The fraction of sp³-hybridized carbons (Fsp3) is 1.00. The predicted molar refractivity (Wildman–Crippen MR) is 66.4 cm³/mol. The maximum atomic E-state index is 5.30. The van der Waals surface area contributed by atoms with Crippen molar-refractivity contribution in [3.05, 3.63) is 0 Å². The molecule has 0 amide bonds. The SMILES string of the molecule is COCC1(C)CC(C2CCCSC2)CN1. The lowest BCUT2D eigenvalue weighted by atomic mass is 9.84. The highest BCUT2D eigenvalue weighted by Crippen LogP contribution is 2.36. The van der Waals surface area contributed by atoms with Crippen LogP contribution in [0.25, 0.3) is 0 Å². The van der Waals surface area contributed by atoms with Crippen LogP contribution in [0.3, 0.4) is 0 Å². The summed E-state index contributed by atoms with van der Waals surface area (Å²) in [5.74, 6) is 4.61. The number of ether oxygens (including phenoxy) is 1. The van der Waals surface area contributed by atoms with E-state index in [1.165, 1.54) is 37.3 Å². The fourth-order valence-electron chi connectivity index (χ4n) is 3.00. The van der Waals surface area contributed by atoms with Gasteiger partial charge in [-0.15, -0.1) is 0 Å². The first kappa shape index (κ1) is 11.7. The zero-order chi connectivity index (χ0) is 10.7. The van der Waals surface area contributed by atoms with E-state index in [1.807, 2.05) is 0 Å². The molecule has 2 rings (SSSR count). The second-order valence-electron chi connectivity index (χ2n) is 5.32. The minimum atomic E-state index is 0.238. The number of rotatable bonds is 3. The molecule has 2 aliphatic heterocycles. The van der Waals surface area contributed by atoms with Gasteiger partial charge in [0.15, 0.2) is 0 Å². The Morgan fingerprint density at radius 3 is 3.00 bits per heavy atom. The molecule has 0 aromatic heterocycles. The van der Waals surface area contributed by atoms with E-state index in [9.17, 15) is 0 Å². The lowest BCUT2D eigenvalue weighted by Gasteiger charge is -2.28. The summed E-state index contributed by atoms with van der Waals surface area (Å²) in [4.78, 5) is 0. The molecule has 3 heteroatoms. The summed E-state index contributed by atoms with van der Waals surface area (Å²) in [5.41, 5.74) is 0.238. The van der Waals surface area contributed by atoms with Crippen LogP contribution in [0.2, 0.25) is 0 Å². The molecule has 0 spiro atoms. The van der Waals surface area contributed by atoms with Gasteiger partial charge in [0.1, 0.15) is 0 Å². The van der Waals surface area contributed by atoms with Crippen LogP contribution < -0.4 is 5.32 Å². The Labute approximate surface area is 97.5 Å². The van der Waals surface area contributed by atoms with Gasteiger partial charge in [-0.2, -0.15) is 11.8 Å². The van der Waals surface area contributed by atoms with Gasteiger partial charge in [0.2, 0.25) is 0 Å². The number of hydrogen-bond donors (Lipinski definition) is 1. The van der Waals surface area contributed by atoms with Crippen molar-refractivity contribution in [1.29, 1.82) is 0 Å². The smallest absolute Gasteiger partial charge is 0.0641 e. The maximum Gasteiger partial charge on any atom is 0.0641 e. The van der Waals surface area contributed by atoms with E-state index in [0.717, 1.165) is 18.4 Å². The third kappa shape index (κ3) is 2.89. The highest BCUT2D eigenvalue weighted by atomic mass is 32.2. The van der Waals surface area contributed by atoms with Crippen molar-refractivity contribution in [3.8, 4) is 0 Å². The van der Waals surface area contributed by atoms with E-state index in [0.29, 0.717) is 0 Å². The van der Waals surface area contributed by atoms with E-state index in [-0.39, 0.29) is 5.54 Å². The average Bonchev–Trinajstić information content (AvgIpc) is 2.63. The minimum absolute atomic E-state index is 0.238. The Morgan fingerprint density at radius 2 is 2.33 bits per heavy atom. The minimum Gasteiger partial charge on any atom is -0.383 e. The van der Waals surface area contributed by atoms with Gasteiger partial charge in [-0.25, -0.2) is 0 Å². The standard InChI is InChI=1S/C12H23NOS/c1-12(9-14-2)6-11(7-13-12)10-4-3-5-15-8-10/h10-11,13H,3-9H2,1-2H3. The highest BCUT2D eigenvalue weighted by molar-refractivity contribution is 7.99. The molecule has 0 saturated carbocycles. The van der Waals surface area contributed by atoms with Crippen molar-refractivity contribution >= 4 is 11.8 Å². The molecule has 0 aromatic rings. The number of methoxy groups -OCH3 is 1. The van der Waals surface area contributed by atoms with Crippen molar-refractivity contribution in [1.82, 2.24) is 5.32 Å². The van der Waals surface area contributed by atoms with Crippen molar-refractivity contribution in [3.63, 3.8) is 0 Å². The molecule has 0 bridgehead atoms. The molecule has 2 nitrogen and oxygen atoms in total. The highest BCUT2D eigenvalue weighted by Gasteiger charge is 2.38. The molecule has 2 heterocycles. The van der Waals surface area contributed by atoms with E-state index in [2.05, 4.69) is 24.0 Å². The predicted octanol–water partition coefficient (Wildman–Crippen LogP) is 2.14. The second-order valence-corrected chi connectivity index (χ2v) is 6.47. The van der Waals surface area contributed by atoms with Gasteiger partial charge in [-0.3, -0.25) is 0 Å². The summed E-state index contributed by atoms with van der Waals surface area (Å²) in [6.45, 7) is 4.35. The van der Waals surface area contributed by atoms with Crippen molar-refractivity contribution in [2.45, 2.75) is 31.7 Å². The molecule has 2 saturated heterocycles. The fourth-order valence-corrected chi connectivity index (χ4v) is 4.28. The first-order valence-corrected chi connectivity index (χ1v) is 7.21. The van der Waals surface area contributed by atoms with Crippen LogP contribution in [0.5, 0.6) is 0 Å². The molecule has 2 aliphatic rings. The van der Waals surface area contributed by atoms with Crippen LogP contribution in [0.1, 0.15) is 26.2 Å². The molecule has 3 unspecified atom stereocenters. The molecule has 0 aromatic carbocycles. The summed E-state index contributed by atoms with van der Waals surface area (Å²) in [5, 5.41) is 3.65. The van der Waals surface area contributed by atoms with Crippen LogP contribution in [-0.2, 0) is 4.74 Å². The lowest BCUT2D eigenvalue weighted by Crippen LogP contribution is -2.40. The van der Waals surface area contributed by atoms with Gasteiger partial charge < -0.3 is 10.1 Å². The van der Waals surface area contributed by atoms with Crippen LogP contribution in [0.4, 0.5) is 0 Å². The van der Waals surface area contributed by atoms with Gasteiger partial charge in [0.05, 0.1) is 6.61 Å². The number of hydrogen-bond acceptors (Lipinski definition) is 3. The zero-order valence-corrected chi connectivity index (χ0v) is 10.7. The van der Waals surface area contributed by atoms with Crippen LogP contribution in [0, 0.1) is 11.8 Å². The summed E-state index contributed by atoms with van der Waals surface area (Å²) in [7, 11) is 1.80. The largest absolute Gasteiger partial charge is 0.383 e.